The minimum absolute atomic E-state index is 0.00551. The molecule has 0 aliphatic heterocycles. The van der Waals surface area contributed by atoms with E-state index in [1.54, 1.807) is 17.4 Å². The van der Waals surface area contributed by atoms with Crippen molar-refractivity contribution in [3.05, 3.63) is 38.9 Å². The topological polar surface area (TPSA) is 61.6 Å². The van der Waals surface area contributed by atoms with E-state index in [0.29, 0.717) is 11.5 Å². The van der Waals surface area contributed by atoms with E-state index >= 15 is 0 Å². The summed E-state index contributed by atoms with van der Waals surface area (Å²) in [5.41, 5.74) is 0.364. The Morgan fingerprint density at radius 2 is 2.21 bits per heavy atom. The van der Waals surface area contributed by atoms with Gasteiger partial charge in [-0.15, -0.1) is 11.3 Å². The minimum atomic E-state index is -0.00551. The van der Waals surface area contributed by atoms with Gasteiger partial charge >= 0.3 is 0 Å². The van der Waals surface area contributed by atoms with Crippen molar-refractivity contribution in [1.29, 1.82) is 5.26 Å². The number of halogens is 1. The lowest BCUT2D eigenvalue weighted by Gasteiger charge is -2.23. The number of nitrogens with one attached hydrogen (secondary N) is 1. The number of hydrogen-bond donors (Lipinski definition) is 1. The van der Waals surface area contributed by atoms with Gasteiger partial charge in [0.05, 0.1) is 3.79 Å². The largest absolute Gasteiger partial charge is 0.369 e. The van der Waals surface area contributed by atoms with Crippen LogP contribution in [0.25, 0.3) is 0 Å². The van der Waals surface area contributed by atoms with E-state index < -0.39 is 0 Å². The van der Waals surface area contributed by atoms with Crippen molar-refractivity contribution in [3.63, 3.8) is 0 Å². The van der Waals surface area contributed by atoms with Gasteiger partial charge in [-0.25, -0.2) is 9.97 Å². The van der Waals surface area contributed by atoms with Crippen molar-refractivity contribution in [2.24, 2.45) is 0 Å². The molecule has 0 bridgehead atoms. The van der Waals surface area contributed by atoms with E-state index in [9.17, 15) is 0 Å². The van der Waals surface area contributed by atoms with Crippen LogP contribution in [0.4, 0.5) is 5.82 Å². The van der Waals surface area contributed by atoms with Crippen LogP contribution in [0.2, 0.25) is 0 Å². The van der Waals surface area contributed by atoms with Crippen LogP contribution in [0.1, 0.15) is 24.4 Å². The minimum Gasteiger partial charge on any atom is -0.369 e. The van der Waals surface area contributed by atoms with Gasteiger partial charge < -0.3 is 5.32 Å². The molecule has 1 N–H and O–H groups in total. The molecule has 2 aromatic heterocycles. The highest BCUT2D eigenvalue weighted by atomic mass is 79.9. The summed E-state index contributed by atoms with van der Waals surface area (Å²) in [6.45, 7) is 5.08. The quantitative estimate of drug-likeness (QED) is 0.927. The smallest absolute Gasteiger partial charge is 0.145 e. The Bertz CT molecular complexity index is 615. The fraction of sp³-hybridized carbons (Fsp3) is 0.308. The van der Waals surface area contributed by atoms with E-state index in [2.05, 4.69) is 57.2 Å². The molecule has 0 fully saturated rings. The molecule has 0 unspecified atom stereocenters. The Kier molecular flexibility index (Phi) is 4.17. The van der Waals surface area contributed by atoms with E-state index in [-0.39, 0.29) is 5.41 Å². The van der Waals surface area contributed by atoms with Gasteiger partial charge in [-0.1, -0.05) is 13.8 Å². The Hall–Kier alpha value is -1.45. The summed E-state index contributed by atoms with van der Waals surface area (Å²) in [6, 6.07) is 7.84. The lowest BCUT2D eigenvalue weighted by molar-refractivity contribution is 0.568. The molecule has 0 amide bonds. The monoisotopic (exact) mass is 336 g/mol. The van der Waals surface area contributed by atoms with Crippen LogP contribution in [-0.4, -0.2) is 16.5 Å². The van der Waals surface area contributed by atoms with Crippen molar-refractivity contribution in [2.75, 3.05) is 11.9 Å². The second-order valence-electron chi connectivity index (χ2n) is 4.74. The first-order valence-electron chi connectivity index (χ1n) is 5.73. The molecule has 0 spiro atoms. The highest BCUT2D eigenvalue weighted by Crippen LogP contribution is 2.32. The number of anilines is 1. The first kappa shape index (κ1) is 14.0. The molecule has 0 aliphatic carbocycles. The average molecular weight is 337 g/mol. The summed E-state index contributed by atoms with van der Waals surface area (Å²) in [6.07, 6.45) is 1.40. The van der Waals surface area contributed by atoms with Gasteiger partial charge in [-0.3, -0.25) is 0 Å². The van der Waals surface area contributed by atoms with Gasteiger partial charge in [0.25, 0.3) is 0 Å². The maximum absolute atomic E-state index is 8.80. The Morgan fingerprint density at radius 1 is 1.42 bits per heavy atom. The molecule has 6 heteroatoms. The molecule has 2 heterocycles. The second-order valence-corrected chi connectivity index (χ2v) is 7.20. The summed E-state index contributed by atoms with van der Waals surface area (Å²) >= 11 is 5.21. The highest BCUT2D eigenvalue weighted by Gasteiger charge is 2.22. The lowest BCUT2D eigenvalue weighted by atomic mass is 9.91. The molecule has 0 atom stereocenters. The van der Waals surface area contributed by atoms with Crippen LogP contribution < -0.4 is 5.32 Å². The van der Waals surface area contributed by atoms with Gasteiger partial charge in [0.1, 0.15) is 23.9 Å². The van der Waals surface area contributed by atoms with Crippen molar-refractivity contribution in [3.8, 4) is 6.07 Å². The fourth-order valence-corrected chi connectivity index (χ4v) is 3.08. The molecule has 0 saturated heterocycles. The Balaban J connectivity index is 2.07. The lowest BCUT2D eigenvalue weighted by Crippen LogP contribution is -2.26. The number of nitriles is 1. The predicted molar refractivity (Wildman–Crippen MR) is 80.3 cm³/mol. The van der Waals surface area contributed by atoms with Crippen molar-refractivity contribution >= 4 is 33.1 Å². The van der Waals surface area contributed by atoms with Gasteiger partial charge in [0, 0.05) is 22.9 Å². The fourth-order valence-electron chi connectivity index (χ4n) is 1.59. The van der Waals surface area contributed by atoms with Crippen molar-refractivity contribution < 1.29 is 0 Å². The zero-order valence-corrected chi connectivity index (χ0v) is 13.0. The summed E-state index contributed by atoms with van der Waals surface area (Å²) in [7, 11) is 0. The van der Waals surface area contributed by atoms with Crippen LogP contribution in [0, 0.1) is 11.3 Å². The summed E-state index contributed by atoms with van der Waals surface area (Å²) in [5.74, 6) is 0.676. The Labute approximate surface area is 124 Å². The van der Waals surface area contributed by atoms with Gasteiger partial charge in [0.2, 0.25) is 0 Å². The maximum atomic E-state index is 8.80. The predicted octanol–water partition coefficient (Wildman–Crippen LogP) is 3.56. The molecule has 98 valence electrons. The molecule has 2 rings (SSSR count). The number of nitrogens with zero attached hydrogens (tertiary/aromatic N) is 3. The summed E-state index contributed by atoms with van der Waals surface area (Å²) < 4.78 is 1.13. The van der Waals surface area contributed by atoms with Crippen molar-refractivity contribution in [2.45, 2.75) is 19.3 Å². The van der Waals surface area contributed by atoms with E-state index in [1.807, 2.05) is 6.07 Å². The van der Waals surface area contributed by atoms with Crippen LogP contribution >= 0.6 is 27.3 Å². The van der Waals surface area contributed by atoms with Crippen LogP contribution in [0.3, 0.4) is 0 Å². The molecule has 0 radical (unpaired) electrons. The molecule has 0 aromatic carbocycles. The number of aromatic nitrogens is 2. The van der Waals surface area contributed by atoms with Crippen LogP contribution in [0.15, 0.2) is 28.3 Å². The first-order valence-corrected chi connectivity index (χ1v) is 7.34. The zero-order chi connectivity index (χ0) is 13.9. The average Bonchev–Trinajstić information content (AvgIpc) is 2.84. The van der Waals surface area contributed by atoms with Gasteiger partial charge in [-0.05, 0) is 28.1 Å². The third-order valence-electron chi connectivity index (χ3n) is 2.73. The summed E-state index contributed by atoms with van der Waals surface area (Å²) in [5, 5.41) is 12.1. The molecule has 0 aliphatic rings. The number of thiophene rings is 1. The normalized spacial score (nSPS) is 11.1. The molecular formula is C13H13BrN4S. The third kappa shape index (κ3) is 3.52. The van der Waals surface area contributed by atoms with Gasteiger partial charge in [-0.2, -0.15) is 5.26 Å². The SMILES string of the molecule is CC(C)(CNc1cc(C#N)ncn1)c1ccc(Br)s1. The second kappa shape index (κ2) is 5.68. The van der Waals surface area contributed by atoms with Crippen LogP contribution in [0.5, 0.6) is 0 Å². The molecule has 19 heavy (non-hydrogen) atoms. The molecular weight excluding hydrogens is 324 g/mol. The van der Waals surface area contributed by atoms with Gasteiger partial charge in [0.15, 0.2) is 0 Å². The van der Waals surface area contributed by atoms with Crippen molar-refractivity contribution in [1.82, 2.24) is 9.97 Å². The number of hydrogen-bond acceptors (Lipinski definition) is 5. The molecule has 2 aromatic rings. The maximum Gasteiger partial charge on any atom is 0.145 e. The van der Waals surface area contributed by atoms with E-state index in [0.717, 1.165) is 10.3 Å². The summed E-state index contributed by atoms with van der Waals surface area (Å²) in [4.78, 5) is 9.25. The van der Waals surface area contributed by atoms with E-state index in [4.69, 9.17) is 5.26 Å². The zero-order valence-electron chi connectivity index (χ0n) is 10.6. The first-order chi connectivity index (χ1) is 9.01. The number of rotatable bonds is 4. The molecule has 0 saturated carbocycles. The third-order valence-corrected chi connectivity index (χ3v) is 4.72. The van der Waals surface area contributed by atoms with Crippen LogP contribution in [-0.2, 0) is 5.41 Å². The standard InChI is InChI=1S/C13H13BrN4S/c1-13(2,10-3-4-11(14)19-10)7-16-12-5-9(6-15)17-8-18-12/h3-5,8H,7H2,1-2H3,(H,16,17,18). The molecule has 4 nitrogen and oxygen atoms in total. The highest BCUT2D eigenvalue weighted by molar-refractivity contribution is 9.11. The Morgan fingerprint density at radius 3 is 2.84 bits per heavy atom. The van der Waals surface area contributed by atoms with E-state index in [1.165, 1.54) is 11.2 Å².